The molecule has 0 atom stereocenters. The van der Waals surface area contributed by atoms with Gasteiger partial charge >= 0.3 is 20.1 Å². The molecule has 2 aromatic heterocycles. The summed E-state index contributed by atoms with van der Waals surface area (Å²) in [5.41, 5.74) is 2.29. The molecule has 0 N–H and O–H groups in total. The van der Waals surface area contributed by atoms with Crippen LogP contribution >= 0.6 is 11.3 Å². The topological polar surface area (TPSA) is 35.2 Å². The van der Waals surface area contributed by atoms with Crippen molar-refractivity contribution in [3.05, 3.63) is 131 Å². The number of benzene rings is 1. The normalized spacial score (nSPS) is 15.8. The van der Waals surface area contributed by atoms with Gasteiger partial charge in [0.05, 0.1) is 5.48 Å². The van der Waals surface area contributed by atoms with E-state index in [1.165, 1.54) is 10.1 Å². The molecule has 0 fully saturated rings. The Morgan fingerprint density at radius 3 is 2.91 bits per heavy atom. The molecule has 2 aliphatic carbocycles. The second-order valence-corrected chi connectivity index (χ2v) is 7.87. The Balaban J connectivity index is 0.000000237. The van der Waals surface area contributed by atoms with Crippen molar-refractivity contribution < 1.29 is 25.6 Å². The van der Waals surface area contributed by atoms with Gasteiger partial charge in [-0.3, -0.25) is 5.71 Å². The summed E-state index contributed by atoms with van der Waals surface area (Å²) < 4.78 is 33.6. The zero-order chi connectivity index (χ0) is 24.9. The van der Waals surface area contributed by atoms with Crippen molar-refractivity contribution in [3.8, 4) is 0 Å². The van der Waals surface area contributed by atoms with E-state index in [0.717, 1.165) is 33.7 Å². The Morgan fingerprint density at radius 2 is 2.09 bits per heavy atom. The first-order chi connectivity index (χ1) is 16.9. The minimum absolute atomic E-state index is 0. The van der Waals surface area contributed by atoms with Gasteiger partial charge in [-0.25, -0.2) is 16.9 Å². The van der Waals surface area contributed by atoms with Gasteiger partial charge < -0.3 is 10.4 Å². The first-order valence-corrected chi connectivity index (χ1v) is 10.8. The fourth-order valence-corrected chi connectivity index (χ4v) is 4.62. The molecule has 1 aromatic carbocycles. The van der Waals surface area contributed by atoms with Crippen molar-refractivity contribution in [2.45, 2.75) is 12.8 Å². The molecular formula is C28H23IrN2S. The minimum Gasteiger partial charge on any atom is -0.872 e. The number of thiophene rings is 1. The van der Waals surface area contributed by atoms with E-state index < -0.39 is 0 Å². The van der Waals surface area contributed by atoms with Crippen LogP contribution in [0.2, 0.25) is 0 Å². The monoisotopic (exact) mass is 616 g/mol. The molecule has 2 aliphatic rings. The zero-order valence-electron chi connectivity index (χ0n) is 21.3. The molecule has 0 unspecified atom stereocenters. The van der Waals surface area contributed by atoms with Gasteiger partial charge in [-0.15, -0.1) is 23.8 Å². The molecule has 0 amide bonds. The van der Waals surface area contributed by atoms with Gasteiger partial charge in [-0.1, -0.05) is 77.7 Å². The van der Waals surface area contributed by atoms with E-state index in [1.807, 2.05) is 43.2 Å². The van der Waals surface area contributed by atoms with Crippen LogP contribution in [0, 0.1) is 12.8 Å². The van der Waals surface area contributed by atoms with E-state index in [0.29, 0.717) is 11.4 Å². The van der Waals surface area contributed by atoms with Crippen molar-refractivity contribution in [2.75, 3.05) is 0 Å². The molecule has 2 nitrogen and oxygen atoms in total. The van der Waals surface area contributed by atoms with Crippen molar-refractivity contribution in [3.63, 3.8) is 0 Å². The van der Waals surface area contributed by atoms with E-state index in [4.69, 9.17) is 5.48 Å². The molecule has 0 aliphatic heterocycles. The molecular weight excluding hydrogens is 589 g/mol. The summed E-state index contributed by atoms with van der Waals surface area (Å²) >= 11 is 1.64. The number of aromatic nitrogens is 1. The number of nitrogens with zero attached hydrogens (tertiary/aromatic N) is 2. The van der Waals surface area contributed by atoms with E-state index in [1.54, 1.807) is 29.6 Å². The van der Waals surface area contributed by atoms with Crippen molar-refractivity contribution in [2.24, 2.45) is 0 Å². The van der Waals surface area contributed by atoms with Crippen LogP contribution in [0.5, 0.6) is 0 Å². The van der Waals surface area contributed by atoms with E-state index in [9.17, 15) is 5.41 Å². The third kappa shape index (κ3) is 5.46. The van der Waals surface area contributed by atoms with Gasteiger partial charge in [0.2, 0.25) is 0 Å². The second kappa shape index (κ2) is 11.6. The average Bonchev–Trinajstić information content (AvgIpc) is 3.28. The summed E-state index contributed by atoms with van der Waals surface area (Å²) in [5, 5.41) is 11.8. The Labute approximate surface area is 212 Å². The van der Waals surface area contributed by atoms with Gasteiger partial charge in [0.1, 0.15) is 0 Å². The summed E-state index contributed by atoms with van der Waals surface area (Å²) in [6.07, 6.45) is 18.3. The maximum absolute atomic E-state index is 9.45. The SMILES string of the molecule is C=C/C=C\C(=[N-])C1=CC=CC[CH-]1.[2H]c1nc(C2=c3sc4ccccc4c3=CC[CH-]2)c([2H])c([2H])c1[2H].[Ir+3]. The number of allylic oxidation sites excluding steroid dienone is 7. The largest absolute Gasteiger partial charge is 3.00 e. The maximum atomic E-state index is 9.45. The summed E-state index contributed by atoms with van der Waals surface area (Å²) in [6.45, 7) is 3.52. The van der Waals surface area contributed by atoms with Gasteiger partial charge in [0, 0.05) is 10.9 Å². The van der Waals surface area contributed by atoms with Crippen LogP contribution < -0.4 is 9.75 Å². The predicted octanol–water partition coefficient (Wildman–Crippen LogP) is 5.71. The first kappa shape index (κ1) is 18.6. The van der Waals surface area contributed by atoms with Crippen molar-refractivity contribution in [1.29, 1.82) is 0 Å². The van der Waals surface area contributed by atoms with E-state index in [2.05, 4.69) is 29.8 Å². The third-order valence-electron chi connectivity index (χ3n) is 4.82. The number of hydrogen-bond donors (Lipinski definition) is 0. The molecule has 5 rings (SSSR count). The summed E-state index contributed by atoms with van der Waals surface area (Å²) in [5.74, 6) is 0. The van der Waals surface area contributed by atoms with Crippen LogP contribution in [0.4, 0.5) is 0 Å². The Hall–Kier alpha value is -2.91. The fourth-order valence-electron chi connectivity index (χ4n) is 3.38. The van der Waals surface area contributed by atoms with Crippen LogP contribution in [-0.4, -0.2) is 10.7 Å². The quantitative estimate of drug-likeness (QED) is 0.210. The van der Waals surface area contributed by atoms with Crippen LogP contribution in [0.15, 0.2) is 97.2 Å². The number of hydrogen-bond acceptors (Lipinski definition) is 2. The fraction of sp³-hybridized carbons (Fsp3) is 0.0714. The molecule has 32 heavy (non-hydrogen) atoms. The van der Waals surface area contributed by atoms with Crippen molar-refractivity contribution in [1.82, 2.24) is 4.98 Å². The molecule has 0 bridgehead atoms. The Morgan fingerprint density at radius 1 is 1.22 bits per heavy atom. The molecule has 0 saturated carbocycles. The molecule has 0 spiro atoms. The molecule has 2 heterocycles. The second-order valence-electron chi connectivity index (χ2n) is 6.82. The van der Waals surface area contributed by atoms with Crippen LogP contribution in [-0.2, 0) is 20.1 Å². The minimum atomic E-state index is -0.293. The van der Waals surface area contributed by atoms with E-state index in [-0.39, 0.29) is 44.4 Å². The van der Waals surface area contributed by atoms with Gasteiger partial charge in [0.15, 0.2) is 0 Å². The van der Waals surface area contributed by atoms with Crippen LogP contribution in [0.1, 0.15) is 24.0 Å². The molecule has 160 valence electrons. The molecule has 0 saturated heterocycles. The van der Waals surface area contributed by atoms with Crippen LogP contribution in [0.3, 0.4) is 0 Å². The summed E-state index contributed by atoms with van der Waals surface area (Å²) in [6, 6.07) is 7.54. The summed E-state index contributed by atoms with van der Waals surface area (Å²) in [7, 11) is 0. The third-order valence-corrected chi connectivity index (χ3v) is 6.04. The van der Waals surface area contributed by atoms with Gasteiger partial charge in [-0.05, 0) is 23.2 Å². The maximum Gasteiger partial charge on any atom is 3.00 e. The van der Waals surface area contributed by atoms with Crippen molar-refractivity contribution >= 4 is 38.8 Å². The Kier molecular flexibility index (Phi) is 6.78. The standard InChI is InChI=1S/C17H12NS.C11H11N.Ir/c1-2-10-16-12(6-1)13-7-5-8-14(17(13)19-16)15-9-3-4-11-18-15;1-2-3-9-11(12)10-7-5-4-6-8-10;/h1-4,6-11H,5H2;2-5,7-9H,1,6H2;/q-1;-2;+3/b;9-3-;/i3D,4D,9D,11D;;. The van der Waals surface area contributed by atoms with Gasteiger partial charge in [-0.2, -0.15) is 18.9 Å². The first-order valence-electron chi connectivity index (χ1n) is 12.0. The molecule has 4 heteroatoms. The average molecular weight is 616 g/mol. The van der Waals surface area contributed by atoms with Gasteiger partial charge in [0.25, 0.3) is 0 Å². The van der Waals surface area contributed by atoms with Crippen LogP contribution in [0.25, 0.3) is 27.1 Å². The number of fused-ring (bicyclic) bond motifs is 3. The predicted molar refractivity (Wildman–Crippen MR) is 135 cm³/mol. The van der Waals surface area contributed by atoms with E-state index >= 15 is 0 Å². The number of rotatable bonds is 4. The molecule has 3 aromatic rings. The smallest absolute Gasteiger partial charge is 0.872 e. The Bertz CT molecular complexity index is 1530. The summed E-state index contributed by atoms with van der Waals surface area (Å²) in [4.78, 5) is 4.12. The zero-order valence-corrected chi connectivity index (χ0v) is 20.5. The molecule has 0 radical (unpaired) electrons. The number of pyridine rings is 1.